The zero-order chi connectivity index (χ0) is 15.1. The zero-order valence-electron chi connectivity index (χ0n) is 11.7. The van der Waals surface area contributed by atoms with Crippen LogP contribution in [0.4, 0.5) is 0 Å². The van der Waals surface area contributed by atoms with Crippen molar-refractivity contribution < 1.29 is 9.53 Å². The Morgan fingerprint density at radius 2 is 1.81 bits per heavy atom. The van der Waals surface area contributed by atoms with Crippen LogP contribution in [0.5, 0.6) is 5.75 Å². The average Bonchev–Trinajstić information content (AvgIpc) is 2.53. The Balaban J connectivity index is 1.85. The van der Waals surface area contributed by atoms with E-state index in [1.807, 2.05) is 36.4 Å². The van der Waals surface area contributed by atoms with Crippen molar-refractivity contribution >= 4 is 23.6 Å². The summed E-state index contributed by atoms with van der Waals surface area (Å²) in [5.74, 6) is 0.653. The molecule has 0 heterocycles. The van der Waals surface area contributed by atoms with Crippen molar-refractivity contribution in [2.45, 2.75) is 6.54 Å². The van der Waals surface area contributed by atoms with Crippen LogP contribution in [-0.2, 0) is 11.3 Å². The molecule has 0 unspecified atom stereocenters. The molecule has 4 heteroatoms. The molecule has 0 fully saturated rings. The number of hydrogen-bond donors (Lipinski definition) is 1. The second-order valence-electron chi connectivity index (χ2n) is 4.45. The van der Waals surface area contributed by atoms with E-state index in [1.54, 1.807) is 25.3 Å². The minimum Gasteiger partial charge on any atom is -0.497 e. The molecule has 3 nitrogen and oxygen atoms in total. The summed E-state index contributed by atoms with van der Waals surface area (Å²) in [6, 6.07) is 14.9. The second-order valence-corrected chi connectivity index (χ2v) is 4.89. The zero-order valence-corrected chi connectivity index (χ0v) is 12.4. The Morgan fingerprint density at radius 1 is 1.14 bits per heavy atom. The van der Waals surface area contributed by atoms with Crippen molar-refractivity contribution in [3.05, 3.63) is 70.8 Å². The smallest absolute Gasteiger partial charge is 0.244 e. The summed E-state index contributed by atoms with van der Waals surface area (Å²) in [5.41, 5.74) is 1.95. The molecule has 2 rings (SSSR count). The molecular formula is C17H16ClNO2. The highest BCUT2D eigenvalue weighted by Crippen LogP contribution is 2.12. The van der Waals surface area contributed by atoms with Crippen molar-refractivity contribution in [3.63, 3.8) is 0 Å². The van der Waals surface area contributed by atoms with Crippen molar-refractivity contribution in [3.8, 4) is 5.75 Å². The van der Waals surface area contributed by atoms with Gasteiger partial charge in [-0.05, 0) is 41.5 Å². The molecule has 2 aromatic rings. The lowest BCUT2D eigenvalue weighted by molar-refractivity contribution is -0.116. The van der Waals surface area contributed by atoms with Gasteiger partial charge < -0.3 is 10.1 Å². The predicted molar refractivity (Wildman–Crippen MR) is 85.3 cm³/mol. The quantitative estimate of drug-likeness (QED) is 0.856. The van der Waals surface area contributed by atoms with E-state index in [9.17, 15) is 4.79 Å². The summed E-state index contributed by atoms with van der Waals surface area (Å²) in [6.07, 6.45) is 3.27. The van der Waals surface area contributed by atoms with E-state index in [-0.39, 0.29) is 5.91 Å². The summed E-state index contributed by atoms with van der Waals surface area (Å²) >= 11 is 5.81. The Morgan fingerprint density at radius 3 is 2.43 bits per heavy atom. The summed E-state index contributed by atoms with van der Waals surface area (Å²) < 4.78 is 5.08. The number of carbonyl (C=O) groups is 1. The van der Waals surface area contributed by atoms with Gasteiger partial charge >= 0.3 is 0 Å². The molecule has 21 heavy (non-hydrogen) atoms. The third-order valence-corrected chi connectivity index (χ3v) is 3.17. The molecule has 0 bridgehead atoms. The number of ether oxygens (including phenoxy) is 1. The van der Waals surface area contributed by atoms with E-state index in [2.05, 4.69) is 5.32 Å². The molecule has 0 saturated heterocycles. The van der Waals surface area contributed by atoms with Crippen LogP contribution >= 0.6 is 11.6 Å². The molecule has 0 radical (unpaired) electrons. The van der Waals surface area contributed by atoms with Crippen LogP contribution in [0.25, 0.3) is 6.08 Å². The lowest BCUT2D eigenvalue weighted by Gasteiger charge is -2.03. The van der Waals surface area contributed by atoms with Gasteiger partial charge in [0.2, 0.25) is 5.91 Å². The van der Waals surface area contributed by atoms with E-state index < -0.39 is 0 Å². The normalized spacial score (nSPS) is 10.6. The van der Waals surface area contributed by atoms with Gasteiger partial charge in [0.15, 0.2) is 0 Å². The minimum atomic E-state index is -0.138. The first-order chi connectivity index (χ1) is 10.2. The summed E-state index contributed by atoms with van der Waals surface area (Å²) in [7, 11) is 1.62. The van der Waals surface area contributed by atoms with Gasteiger partial charge in [-0.3, -0.25) is 4.79 Å². The Labute approximate surface area is 129 Å². The first kappa shape index (κ1) is 15.1. The lowest BCUT2D eigenvalue weighted by atomic mass is 10.2. The molecule has 1 N–H and O–H groups in total. The third-order valence-electron chi connectivity index (χ3n) is 2.92. The van der Waals surface area contributed by atoms with Crippen LogP contribution in [0.3, 0.4) is 0 Å². The second kappa shape index (κ2) is 7.50. The highest BCUT2D eigenvalue weighted by molar-refractivity contribution is 6.30. The van der Waals surface area contributed by atoms with Crippen molar-refractivity contribution in [2.24, 2.45) is 0 Å². The van der Waals surface area contributed by atoms with Crippen LogP contribution in [0.15, 0.2) is 54.6 Å². The van der Waals surface area contributed by atoms with Gasteiger partial charge in [-0.2, -0.15) is 0 Å². The fraction of sp³-hybridized carbons (Fsp3) is 0.118. The Kier molecular flexibility index (Phi) is 5.41. The third kappa shape index (κ3) is 4.97. The molecular weight excluding hydrogens is 286 g/mol. The molecule has 0 spiro atoms. The van der Waals surface area contributed by atoms with Gasteiger partial charge in [0.05, 0.1) is 7.11 Å². The maximum atomic E-state index is 11.7. The van der Waals surface area contributed by atoms with Crippen molar-refractivity contribution in [2.75, 3.05) is 7.11 Å². The molecule has 1 amide bonds. The van der Waals surface area contributed by atoms with Gasteiger partial charge in [0.1, 0.15) is 5.75 Å². The van der Waals surface area contributed by atoms with Gasteiger partial charge in [-0.25, -0.2) is 0 Å². The van der Waals surface area contributed by atoms with E-state index >= 15 is 0 Å². The number of rotatable bonds is 5. The number of halogens is 1. The largest absolute Gasteiger partial charge is 0.497 e. The number of benzene rings is 2. The van der Waals surface area contributed by atoms with Crippen molar-refractivity contribution in [1.29, 1.82) is 0 Å². The fourth-order valence-corrected chi connectivity index (χ4v) is 1.86. The topological polar surface area (TPSA) is 38.3 Å². The Hall–Kier alpha value is -2.26. The van der Waals surface area contributed by atoms with Crippen LogP contribution in [0.2, 0.25) is 5.02 Å². The Bertz CT molecular complexity index is 618. The molecule has 0 aromatic heterocycles. The lowest BCUT2D eigenvalue weighted by Crippen LogP contribution is -2.20. The number of nitrogens with one attached hydrogen (secondary N) is 1. The first-order valence-electron chi connectivity index (χ1n) is 6.52. The molecule has 108 valence electrons. The highest BCUT2D eigenvalue weighted by atomic mass is 35.5. The average molecular weight is 302 g/mol. The standard InChI is InChI=1S/C17H16ClNO2/c1-21-16-9-4-13(5-10-16)6-11-17(20)19-12-14-2-7-15(18)8-3-14/h2-11H,12H2,1H3,(H,19,20). The van der Waals surface area contributed by atoms with E-state index in [4.69, 9.17) is 16.3 Å². The SMILES string of the molecule is COc1ccc(C=CC(=O)NCc2ccc(Cl)cc2)cc1. The highest BCUT2D eigenvalue weighted by Gasteiger charge is 1.97. The monoisotopic (exact) mass is 301 g/mol. The molecule has 0 aliphatic carbocycles. The van der Waals surface area contributed by atoms with Crippen LogP contribution in [0, 0.1) is 0 Å². The van der Waals surface area contributed by atoms with Gasteiger partial charge in [-0.15, -0.1) is 0 Å². The molecule has 0 aliphatic heterocycles. The molecule has 0 aliphatic rings. The first-order valence-corrected chi connectivity index (χ1v) is 6.89. The molecule has 0 saturated carbocycles. The van der Waals surface area contributed by atoms with E-state index in [0.717, 1.165) is 16.9 Å². The van der Waals surface area contributed by atoms with E-state index in [1.165, 1.54) is 6.08 Å². The number of methoxy groups -OCH3 is 1. The summed E-state index contributed by atoms with van der Waals surface area (Å²) in [4.78, 5) is 11.7. The van der Waals surface area contributed by atoms with Gasteiger partial charge in [0.25, 0.3) is 0 Å². The summed E-state index contributed by atoms with van der Waals surface area (Å²) in [5, 5.41) is 3.50. The maximum Gasteiger partial charge on any atom is 0.244 e. The number of hydrogen-bond acceptors (Lipinski definition) is 2. The molecule has 0 atom stereocenters. The van der Waals surface area contributed by atoms with E-state index in [0.29, 0.717) is 11.6 Å². The van der Waals surface area contributed by atoms with Crippen molar-refractivity contribution in [1.82, 2.24) is 5.32 Å². The fourth-order valence-electron chi connectivity index (χ4n) is 1.74. The molecule has 2 aromatic carbocycles. The van der Waals surface area contributed by atoms with Crippen LogP contribution < -0.4 is 10.1 Å². The predicted octanol–water partition coefficient (Wildman–Crippen LogP) is 3.68. The summed E-state index contributed by atoms with van der Waals surface area (Å²) in [6.45, 7) is 0.475. The minimum absolute atomic E-state index is 0.138. The van der Waals surface area contributed by atoms with Gasteiger partial charge in [0, 0.05) is 17.6 Å². The van der Waals surface area contributed by atoms with Gasteiger partial charge in [-0.1, -0.05) is 35.9 Å². The van der Waals surface area contributed by atoms with Crippen LogP contribution in [-0.4, -0.2) is 13.0 Å². The van der Waals surface area contributed by atoms with Crippen LogP contribution in [0.1, 0.15) is 11.1 Å². The number of carbonyl (C=O) groups excluding carboxylic acids is 1. The number of amides is 1. The maximum absolute atomic E-state index is 11.7.